The number of nitrogens with zero attached hydrogens (tertiary/aromatic N) is 3. The first-order valence-electron chi connectivity index (χ1n) is 12.5. The van der Waals surface area contributed by atoms with Gasteiger partial charge in [0.05, 0.1) is 24.6 Å². The summed E-state index contributed by atoms with van der Waals surface area (Å²) in [6.45, 7) is 1.26. The lowest BCUT2D eigenvalue weighted by Crippen LogP contribution is -2.37. The smallest absolute Gasteiger partial charge is 0.261 e. The number of imidazole rings is 1. The van der Waals surface area contributed by atoms with Gasteiger partial charge in [0.2, 0.25) is 0 Å². The predicted molar refractivity (Wildman–Crippen MR) is 134 cm³/mol. The number of fused-ring (bicyclic) bond motifs is 1. The number of aryl methyl sites for hydroxylation is 1. The van der Waals surface area contributed by atoms with E-state index in [0.717, 1.165) is 61.2 Å². The Morgan fingerprint density at radius 1 is 1.14 bits per heavy atom. The molecular formula is C28H32N4O3. The maximum atomic E-state index is 12.7. The largest absolute Gasteiger partial charge is 0.492 e. The second-order valence-corrected chi connectivity index (χ2v) is 9.28. The van der Waals surface area contributed by atoms with E-state index < -0.39 is 0 Å². The molecule has 1 atom stereocenters. The van der Waals surface area contributed by atoms with Gasteiger partial charge in [-0.15, -0.1) is 0 Å². The maximum Gasteiger partial charge on any atom is 0.261 e. The lowest BCUT2D eigenvalue weighted by molar-refractivity contribution is -0.127. The summed E-state index contributed by atoms with van der Waals surface area (Å²) in [7, 11) is 0. The van der Waals surface area contributed by atoms with Gasteiger partial charge < -0.3 is 19.5 Å². The number of amides is 1. The zero-order valence-electron chi connectivity index (χ0n) is 19.9. The standard InChI is InChI=1S/C28H32N4O3/c33-27(30-28(22-8-4-9-22)21-6-2-1-3-7-21)19-35-31-26-11-5-10-23-18-24(12-13-25(23)26)34-17-16-32-15-14-29-20-32/h1-3,6-7,12-15,18,20,22,28H,4-5,8-11,16-17,19H2,(H,30,33). The average molecular weight is 473 g/mol. The fraction of sp³-hybridized carbons (Fsp3) is 0.393. The number of rotatable bonds is 10. The Kier molecular flexibility index (Phi) is 7.41. The van der Waals surface area contributed by atoms with E-state index in [9.17, 15) is 4.79 Å². The Morgan fingerprint density at radius 2 is 2.03 bits per heavy atom. The number of benzene rings is 2. The van der Waals surface area contributed by atoms with Crippen LogP contribution >= 0.6 is 0 Å². The first-order valence-corrected chi connectivity index (χ1v) is 12.5. The first-order chi connectivity index (χ1) is 17.3. The molecule has 2 aliphatic carbocycles. The molecule has 7 nitrogen and oxygen atoms in total. The zero-order valence-corrected chi connectivity index (χ0v) is 19.9. The molecule has 0 aliphatic heterocycles. The van der Waals surface area contributed by atoms with E-state index in [1.807, 2.05) is 41.1 Å². The third-order valence-electron chi connectivity index (χ3n) is 6.89. The van der Waals surface area contributed by atoms with Crippen molar-refractivity contribution in [3.8, 4) is 5.75 Å². The highest BCUT2D eigenvalue weighted by Crippen LogP contribution is 2.37. The molecule has 35 heavy (non-hydrogen) atoms. The molecule has 0 radical (unpaired) electrons. The summed E-state index contributed by atoms with van der Waals surface area (Å²) in [4.78, 5) is 22.2. The van der Waals surface area contributed by atoms with E-state index in [4.69, 9.17) is 9.57 Å². The van der Waals surface area contributed by atoms with Crippen LogP contribution in [0.3, 0.4) is 0 Å². The van der Waals surface area contributed by atoms with Gasteiger partial charge in [0.15, 0.2) is 6.61 Å². The van der Waals surface area contributed by atoms with Crippen LogP contribution in [0, 0.1) is 5.92 Å². The Labute approximate surface area is 206 Å². The number of aromatic nitrogens is 2. The van der Waals surface area contributed by atoms with E-state index in [0.29, 0.717) is 12.5 Å². The molecule has 3 aromatic rings. The highest BCUT2D eigenvalue weighted by Gasteiger charge is 2.29. The minimum Gasteiger partial charge on any atom is -0.492 e. The van der Waals surface area contributed by atoms with E-state index in [-0.39, 0.29) is 18.6 Å². The van der Waals surface area contributed by atoms with E-state index in [1.165, 1.54) is 12.0 Å². The molecule has 7 heteroatoms. The molecule has 2 aromatic carbocycles. The number of hydrogen-bond acceptors (Lipinski definition) is 5. The van der Waals surface area contributed by atoms with Crippen molar-refractivity contribution in [3.63, 3.8) is 0 Å². The number of oxime groups is 1. The van der Waals surface area contributed by atoms with Gasteiger partial charge in [-0.25, -0.2) is 4.98 Å². The van der Waals surface area contributed by atoms with Gasteiger partial charge in [0.1, 0.15) is 12.4 Å². The van der Waals surface area contributed by atoms with Crippen molar-refractivity contribution in [2.45, 2.75) is 51.1 Å². The number of ether oxygens (including phenoxy) is 1. The first kappa shape index (κ1) is 23.1. The Bertz CT molecular complexity index is 1140. The second-order valence-electron chi connectivity index (χ2n) is 9.28. The van der Waals surface area contributed by atoms with Crippen LogP contribution in [0.5, 0.6) is 5.75 Å². The molecule has 1 unspecified atom stereocenters. The van der Waals surface area contributed by atoms with Crippen molar-refractivity contribution in [2.24, 2.45) is 11.1 Å². The van der Waals surface area contributed by atoms with Crippen LogP contribution in [0.1, 0.15) is 54.8 Å². The number of carbonyl (C=O) groups excluding carboxylic acids is 1. The summed E-state index contributed by atoms with van der Waals surface area (Å²) in [6.07, 6.45) is 11.8. The van der Waals surface area contributed by atoms with Crippen LogP contribution in [0.15, 0.2) is 72.4 Å². The molecule has 2 aliphatic rings. The van der Waals surface area contributed by atoms with Crippen LogP contribution in [-0.4, -0.2) is 34.4 Å². The summed E-state index contributed by atoms with van der Waals surface area (Å²) in [5, 5.41) is 7.53. The molecule has 5 rings (SSSR count). The van der Waals surface area contributed by atoms with Crippen LogP contribution in [-0.2, 0) is 22.6 Å². The van der Waals surface area contributed by atoms with Crippen LogP contribution in [0.4, 0.5) is 0 Å². The molecule has 1 aromatic heterocycles. The molecular weight excluding hydrogens is 440 g/mol. The second kappa shape index (κ2) is 11.2. The van der Waals surface area contributed by atoms with Gasteiger partial charge in [0, 0.05) is 18.0 Å². The van der Waals surface area contributed by atoms with Gasteiger partial charge in [-0.1, -0.05) is 41.9 Å². The molecule has 1 heterocycles. The van der Waals surface area contributed by atoms with Crippen molar-refractivity contribution in [2.75, 3.05) is 13.2 Å². The van der Waals surface area contributed by atoms with Gasteiger partial charge in [0.25, 0.3) is 5.91 Å². The topological polar surface area (TPSA) is 77.7 Å². The normalized spacial score (nSPS) is 17.3. The number of hydrogen-bond donors (Lipinski definition) is 1. The Morgan fingerprint density at radius 3 is 2.80 bits per heavy atom. The summed E-state index contributed by atoms with van der Waals surface area (Å²) < 4.78 is 7.92. The van der Waals surface area contributed by atoms with E-state index in [1.54, 1.807) is 12.5 Å². The highest BCUT2D eigenvalue weighted by atomic mass is 16.6. The molecule has 1 N–H and O–H groups in total. The van der Waals surface area contributed by atoms with Gasteiger partial charge in [-0.05, 0) is 67.3 Å². The molecule has 182 valence electrons. The quantitative estimate of drug-likeness (QED) is 0.435. The van der Waals surface area contributed by atoms with Crippen molar-refractivity contribution >= 4 is 11.6 Å². The minimum atomic E-state index is -0.132. The Hall–Kier alpha value is -3.61. The molecule has 1 fully saturated rings. The summed E-state index contributed by atoms with van der Waals surface area (Å²) in [5.74, 6) is 1.22. The third-order valence-corrected chi connectivity index (χ3v) is 6.89. The molecule has 1 amide bonds. The van der Waals surface area contributed by atoms with E-state index >= 15 is 0 Å². The minimum absolute atomic E-state index is 0.0382. The maximum absolute atomic E-state index is 12.7. The zero-order chi connectivity index (χ0) is 23.9. The summed E-state index contributed by atoms with van der Waals surface area (Å²) in [5.41, 5.74) is 4.33. The molecule has 1 saturated carbocycles. The summed E-state index contributed by atoms with van der Waals surface area (Å²) in [6, 6.07) is 16.4. The molecule has 0 saturated heterocycles. The fourth-order valence-electron chi connectivity index (χ4n) is 4.80. The van der Waals surface area contributed by atoms with E-state index in [2.05, 4.69) is 33.7 Å². The lowest BCUT2D eigenvalue weighted by atomic mass is 9.77. The molecule has 0 spiro atoms. The van der Waals surface area contributed by atoms with Gasteiger partial charge in [-0.2, -0.15) is 0 Å². The monoisotopic (exact) mass is 472 g/mol. The number of carbonyl (C=O) groups is 1. The third kappa shape index (κ3) is 5.91. The predicted octanol–water partition coefficient (Wildman–Crippen LogP) is 4.68. The molecule has 0 bridgehead atoms. The van der Waals surface area contributed by atoms with Crippen LogP contribution in [0.2, 0.25) is 0 Å². The van der Waals surface area contributed by atoms with Gasteiger partial charge >= 0.3 is 0 Å². The lowest BCUT2D eigenvalue weighted by Gasteiger charge is -2.34. The Balaban J connectivity index is 1.16. The van der Waals surface area contributed by atoms with Crippen LogP contribution in [0.25, 0.3) is 0 Å². The SMILES string of the molecule is O=C(CON=C1CCCc2cc(OCCn3ccnc3)ccc21)NC(c1ccccc1)C1CCC1. The van der Waals surface area contributed by atoms with Gasteiger partial charge in [-0.3, -0.25) is 4.79 Å². The van der Waals surface area contributed by atoms with Crippen molar-refractivity contribution in [1.29, 1.82) is 0 Å². The van der Waals surface area contributed by atoms with Crippen molar-refractivity contribution in [1.82, 2.24) is 14.9 Å². The summed E-state index contributed by atoms with van der Waals surface area (Å²) >= 11 is 0. The average Bonchev–Trinajstić information content (AvgIpc) is 3.37. The van der Waals surface area contributed by atoms with Crippen LogP contribution < -0.4 is 10.1 Å². The fourth-order valence-corrected chi connectivity index (χ4v) is 4.80. The van der Waals surface area contributed by atoms with Crippen molar-refractivity contribution in [3.05, 3.63) is 83.9 Å². The van der Waals surface area contributed by atoms with Crippen molar-refractivity contribution < 1.29 is 14.4 Å². The highest BCUT2D eigenvalue weighted by molar-refractivity contribution is 6.02. The number of nitrogens with one attached hydrogen (secondary N) is 1.